The predicted molar refractivity (Wildman–Crippen MR) is 86.9 cm³/mol. The molecule has 1 aromatic rings. The third kappa shape index (κ3) is 2.85. The first kappa shape index (κ1) is 14.2. The molecular weight excluding hydrogens is 262 g/mol. The summed E-state index contributed by atoms with van der Waals surface area (Å²) in [4.78, 5) is 12.7. The topological polar surface area (TPSA) is 53.2 Å². The van der Waals surface area contributed by atoms with Crippen LogP contribution in [0.1, 0.15) is 43.5 Å². The maximum Gasteiger partial charge on any atom is 0.253 e. The van der Waals surface area contributed by atoms with Gasteiger partial charge in [-0.2, -0.15) is 0 Å². The lowest BCUT2D eigenvalue weighted by atomic mass is 9.78. The van der Waals surface area contributed by atoms with Crippen LogP contribution in [0.3, 0.4) is 0 Å². The molecular formula is C17H25N3O. The molecule has 0 aromatic heterocycles. The Balaban J connectivity index is 1.76. The van der Waals surface area contributed by atoms with Gasteiger partial charge in [-0.25, -0.2) is 0 Å². The average Bonchev–Trinajstić information content (AvgIpc) is 2.51. The molecule has 1 aliphatic heterocycles. The van der Waals surface area contributed by atoms with Crippen LogP contribution >= 0.6 is 0 Å². The Kier molecular flexibility index (Phi) is 4.04. The van der Waals surface area contributed by atoms with Crippen molar-refractivity contribution in [1.29, 1.82) is 0 Å². The Morgan fingerprint density at radius 2 is 2.00 bits per heavy atom. The number of hydrogen-bond acceptors (Lipinski definition) is 3. The zero-order valence-corrected chi connectivity index (χ0v) is 12.9. The summed E-state index contributed by atoms with van der Waals surface area (Å²) in [6.45, 7) is 6.30. The predicted octanol–water partition coefficient (Wildman–Crippen LogP) is 3.08. The summed E-state index contributed by atoms with van der Waals surface area (Å²) >= 11 is 0. The highest BCUT2D eigenvalue weighted by Gasteiger charge is 2.29. The number of anilines is 2. The molecule has 1 fully saturated rings. The normalized spacial score (nSPS) is 28.0. The zero-order valence-electron chi connectivity index (χ0n) is 12.9. The molecule has 21 heavy (non-hydrogen) atoms. The Bertz CT molecular complexity index is 529. The standard InChI is InChI=1S/C17H25N3O/c1-11-5-3-7-14(12(11)2)20-17(21)13-6-4-8-15-16(13)19-10-9-18-15/h4,6,8,11-12,14,18-19H,3,5,7,9-10H2,1-2H3,(H,20,21). The number of nitrogens with one attached hydrogen (secondary N) is 3. The molecule has 114 valence electrons. The molecule has 2 aliphatic rings. The van der Waals surface area contributed by atoms with Crippen LogP contribution in [0.25, 0.3) is 0 Å². The van der Waals surface area contributed by atoms with E-state index in [1.807, 2.05) is 18.2 Å². The average molecular weight is 287 g/mol. The highest BCUT2D eigenvalue weighted by atomic mass is 16.1. The van der Waals surface area contributed by atoms with Gasteiger partial charge in [-0.05, 0) is 30.4 Å². The number of para-hydroxylation sites is 1. The van der Waals surface area contributed by atoms with Crippen LogP contribution in [0.15, 0.2) is 18.2 Å². The summed E-state index contributed by atoms with van der Waals surface area (Å²) in [7, 11) is 0. The molecule has 1 saturated carbocycles. The van der Waals surface area contributed by atoms with Gasteiger partial charge in [0.05, 0.1) is 16.9 Å². The summed E-state index contributed by atoms with van der Waals surface area (Å²) in [5.74, 6) is 1.29. The van der Waals surface area contributed by atoms with E-state index in [0.717, 1.165) is 36.4 Å². The molecule has 3 atom stereocenters. The van der Waals surface area contributed by atoms with Crippen molar-refractivity contribution < 1.29 is 4.79 Å². The number of carbonyl (C=O) groups is 1. The van der Waals surface area contributed by atoms with Crippen molar-refractivity contribution in [2.45, 2.75) is 39.2 Å². The summed E-state index contributed by atoms with van der Waals surface area (Å²) in [5, 5.41) is 9.94. The van der Waals surface area contributed by atoms with Crippen LogP contribution in [-0.2, 0) is 0 Å². The summed E-state index contributed by atoms with van der Waals surface area (Å²) in [5.41, 5.74) is 2.72. The van der Waals surface area contributed by atoms with Gasteiger partial charge in [0.1, 0.15) is 0 Å². The van der Waals surface area contributed by atoms with Crippen LogP contribution in [0.2, 0.25) is 0 Å². The van der Waals surface area contributed by atoms with Gasteiger partial charge in [0.15, 0.2) is 0 Å². The van der Waals surface area contributed by atoms with Gasteiger partial charge in [0.2, 0.25) is 0 Å². The maximum absolute atomic E-state index is 12.7. The molecule has 4 nitrogen and oxygen atoms in total. The molecule has 0 bridgehead atoms. The van der Waals surface area contributed by atoms with Crippen molar-refractivity contribution >= 4 is 17.3 Å². The molecule has 1 aliphatic carbocycles. The molecule has 3 rings (SSSR count). The van der Waals surface area contributed by atoms with Crippen molar-refractivity contribution in [1.82, 2.24) is 5.32 Å². The van der Waals surface area contributed by atoms with Crippen molar-refractivity contribution in [3.63, 3.8) is 0 Å². The largest absolute Gasteiger partial charge is 0.382 e. The fourth-order valence-electron chi connectivity index (χ4n) is 3.50. The van der Waals surface area contributed by atoms with E-state index in [-0.39, 0.29) is 5.91 Å². The lowest BCUT2D eigenvalue weighted by molar-refractivity contribution is 0.0892. The number of amides is 1. The van der Waals surface area contributed by atoms with Crippen molar-refractivity contribution in [2.24, 2.45) is 11.8 Å². The first-order chi connectivity index (χ1) is 10.2. The molecule has 1 aromatic carbocycles. The summed E-state index contributed by atoms with van der Waals surface area (Å²) in [6, 6.07) is 6.17. The smallest absolute Gasteiger partial charge is 0.253 e. The second kappa shape index (κ2) is 5.96. The second-order valence-electron chi connectivity index (χ2n) is 6.43. The number of rotatable bonds is 2. The van der Waals surface area contributed by atoms with Gasteiger partial charge in [-0.3, -0.25) is 4.79 Å². The van der Waals surface area contributed by atoms with E-state index in [9.17, 15) is 4.79 Å². The molecule has 3 N–H and O–H groups in total. The van der Waals surface area contributed by atoms with Crippen LogP contribution in [0.4, 0.5) is 11.4 Å². The van der Waals surface area contributed by atoms with Crippen molar-refractivity contribution in [2.75, 3.05) is 23.7 Å². The van der Waals surface area contributed by atoms with E-state index in [0.29, 0.717) is 17.9 Å². The lowest BCUT2D eigenvalue weighted by Crippen LogP contribution is -2.44. The molecule has 3 unspecified atom stereocenters. The molecule has 1 amide bonds. The Hall–Kier alpha value is -1.71. The number of carbonyl (C=O) groups excluding carboxylic acids is 1. The van der Waals surface area contributed by atoms with Gasteiger partial charge in [0, 0.05) is 19.1 Å². The highest BCUT2D eigenvalue weighted by Crippen LogP contribution is 2.31. The first-order valence-electron chi connectivity index (χ1n) is 8.08. The summed E-state index contributed by atoms with van der Waals surface area (Å²) in [6.07, 6.45) is 3.58. The van der Waals surface area contributed by atoms with Crippen LogP contribution < -0.4 is 16.0 Å². The minimum Gasteiger partial charge on any atom is -0.382 e. The Labute approximate surface area is 126 Å². The SMILES string of the molecule is CC1CCCC(NC(=O)c2cccc3c2NCCN3)C1C. The number of fused-ring (bicyclic) bond motifs is 1. The van der Waals surface area contributed by atoms with Gasteiger partial charge < -0.3 is 16.0 Å². The minimum absolute atomic E-state index is 0.0500. The zero-order chi connectivity index (χ0) is 14.8. The molecule has 1 heterocycles. The number of hydrogen-bond donors (Lipinski definition) is 3. The molecule has 0 saturated heterocycles. The lowest BCUT2D eigenvalue weighted by Gasteiger charge is -2.35. The van der Waals surface area contributed by atoms with Gasteiger partial charge in [0.25, 0.3) is 5.91 Å². The fraction of sp³-hybridized carbons (Fsp3) is 0.588. The van der Waals surface area contributed by atoms with E-state index in [2.05, 4.69) is 29.8 Å². The van der Waals surface area contributed by atoms with Gasteiger partial charge in [-0.15, -0.1) is 0 Å². The van der Waals surface area contributed by atoms with Gasteiger partial charge >= 0.3 is 0 Å². The van der Waals surface area contributed by atoms with E-state index in [1.165, 1.54) is 12.8 Å². The van der Waals surface area contributed by atoms with E-state index in [4.69, 9.17) is 0 Å². The minimum atomic E-state index is 0.0500. The third-order valence-electron chi connectivity index (χ3n) is 5.07. The quantitative estimate of drug-likeness (QED) is 0.783. The molecule has 0 spiro atoms. The van der Waals surface area contributed by atoms with Crippen LogP contribution in [0.5, 0.6) is 0 Å². The van der Waals surface area contributed by atoms with Crippen molar-refractivity contribution in [3.05, 3.63) is 23.8 Å². The fourth-order valence-corrected chi connectivity index (χ4v) is 3.50. The maximum atomic E-state index is 12.7. The summed E-state index contributed by atoms with van der Waals surface area (Å²) < 4.78 is 0. The molecule has 0 radical (unpaired) electrons. The van der Waals surface area contributed by atoms with Crippen molar-refractivity contribution in [3.8, 4) is 0 Å². The van der Waals surface area contributed by atoms with Crippen LogP contribution in [-0.4, -0.2) is 25.0 Å². The third-order valence-corrected chi connectivity index (χ3v) is 5.07. The second-order valence-corrected chi connectivity index (χ2v) is 6.43. The highest BCUT2D eigenvalue weighted by molar-refractivity contribution is 6.03. The van der Waals surface area contributed by atoms with Crippen LogP contribution in [0, 0.1) is 11.8 Å². The first-order valence-corrected chi connectivity index (χ1v) is 8.08. The Morgan fingerprint density at radius 3 is 2.86 bits per heavy atom. The molecule has 4 heteroatoms. The van der Waals surface area contributed by atoms with Gasteiger partial charge in [-0.1, -0.05) is 32.8 Å². The number of benzene rings is 1. The van der Waals surface area contributed by atoms with E-state index < -0.39 is 0 Å². The van der Waals surface area contributed by atoms with E-state index in [1.54, 1.807) is 0 Å². The Morgan fingerprint density at radius 1 is 1.19 bits per heavy atom. The monoisotopic (exact) mass is 287 g/mol. The van der Waals surface area contributed by atoms with E-state index >= 15 is 0 Å².